The number of ether oxygens (including phenoxy) is 1. The van der Waals surface area contributed by atoms with Gasteiger partial charge in [0.15, 0.2) is 0 Å². The molecule has 148 valence electrons. The Morgan fingerprint density at radius 3 is 2.07 bits per heavy atom. The fraction of sp³-hybridized carbons (Fsp3) is 0.278. The van der Waals surface area contributed by atoms with Gasteiger partial charge in [0.25, 0.3) is 26.0 Å². The quantitative estimate of drug-likeness (QED) is 0.811. The summed E-state index contributed by atoms with van der Waals surface area (Å²) >= 11 is 0. The SMILES string of the molecule is O=C(Nc1ccc(N2S(=O)(=O)c3ccccc3S2(=O)=O)cc1)C1CCCCO1. The number of rotatable bonds is 3. The van der Waals surface area contributed by atoms with Crippen molar-refractivity contribution in [1.82, 2.24) is 0 Å². The minimum atomic E-state index is -4.22. The van der Waals surface area contributed by atoms with Crippen LogP contribution < -0.4 is 9.03 Å². The molecule has 0 aliphatic carbocycles. The van der Waals surface area contributed by atoms with Crippen molar-refractivity contribution in [3.05, 3.63) is 48.5 Å². The molecule has 2 aliphatic rings. The molecule has 1 saturated heterocycles. The fourth-order valence-electron chi connectivity index (χ4n) is 3.30. The van der Waals surface area contributed by atoms with Crippen molar-refractivity contribution in [2.75, 3.05) is 15.6 Å². The van der Waals surface area contributed by atoms with Crippen LogP contribution in [0.2, 0.25) is 0 Å². The van der Waals surface area contributed by atoms with Crippen molar-refractivity contribution < 1.29 is 26.4 Å². The molecule has 1 N–H and O–H groups in total. The predicted molar refractivity (Wildman–Crippen MR) is 102 cm³/mol. The lowest BCUT2D eigenvalue weighted by Crippen LogP contribution is -2.33. The van der Waals surface area contributed by atoms with Crippen LogP contribution in [-0.2, 0) is 29.6 Å². The molecule has 1 fully saturated rings. The van der Waals surface area contributed by atoms with Gasteiger partial charge < -0.3 is 10.1 Å². The highest BCUT2D eigenvalue weighted by Crippen LogP contribution is 2.40. The summed E-state index contributed by atoms with van der Waals surface area (Å²) in [4.78, 5) is 11.7. The van der Waals surface area contributed by atoms with E-state index in [4.69, 9.17) is 4.74 Å². The Hall–Kier alpha value is -2.43. The molecule has 2 heterocycles. The van der Waals surface area contributed by atoms with Crippen LogP contribution in [0.3, 0.4) is 0 Å². The number of nitrogens with zero attached hydrogens (tertiary/aromatic N) is 1. The zero-order chi connectivity index (χ0) is 19.9. The Kier molecular flexibility index (Phi) is 4.64. The van der Waals surface area contributed by atoms with Gasteiger partial charge in [-0.15, -0.1) is 0 Å². The van der Waals surface area contributed by atoms with Crippen molar-refractivity contribution >= 4 is 37.3 Å². The zero-order valence-corrected chi connectivity index (χ0v) is 16.4. The van der Waals surface area contributed by atoms with Crippen molar-refractivity contribution in [1.29, 1.82) is 0 Å². The first-order chi connectivity index (χ1) is 13.3. The van der Waals surface area contributed by atoms with E-state index in [1.54, 1.807) is 0 Å². The highest BCUT2D eigenvalue weighted by atomic mass is 32.3. The molecule has 2 aliphatic heterocycles. The normalized spacial score (nSPS) is 22.4. The number of hydrogen-bond acceptors (Lipinski definition) is 6. The number of amides is 1. The molecule has 4 rings (SSSR count). The van der Waals surface area contributed by atoms with Crippen molar-refractivity contribution in [3.63, 3.8) is 0 Å². The van der Waals surface area contributed by atoms with Crippen molar-refractivity contribution in [3.8, 4) is 0 Å². The Morgan fingerprint density at radius 1 is 0.929 bits per heavy atom. The lowest BCUT2D eigenvalue weighted by Gasteiger charge is -2.22. The Morgan fingerprint density at radius 2 is 1.54 bits per heavy atom. The van der Waals surface area contributed by atoms with E-state index < -0.39 is 26.2 Å². The number of sulfonamides is 2. The van der Waals surface area contributed by atoms with E-state index >= 15 is 0 Å². The first kappa shape index (κ1) is 18.9. The second-order valence-corrected chi connectivity index (χ2v) is 10.3. The molecule has 8 nitrogen and oxygen atoms in total. The molecule has 1 atom stereocenters. The largest absolute Gasteiger partial charge is 0.368 e. The predicted octanol–water partition coefficient (Wildman–Crippen LogP) is 2.09. The van der Waals surface area contributed by atoms with Crippen LogP contribution in [0.5, 0.6) is 0 Å². The number of benzene rings is 2. The highest BCUT2D eigenvalue weighted by Gasteiger charge is 2.47. The van der Waals surface area contributed by atoms with E-state index in [1.165, 1.54) is 48.5 Å². The van der Waals surface area contributed by atoms with Gasteiger partial charge in [0.2, 0.25) is 0 Å². The zero-order valence-electron chi connectivity index (χ0n) is 14.7. The van der Waals surface area contributed by atoms with Gasteiger partial charge in [-0.2, -0.15) is 20.5 Å². The lowest BCUT2D eigenvalue weighted by atomic mass is 10.1. The molecule has 28 heavy (non-hydrogen) atoms. The number of nitrogens with one attached hydrogen (secondary N) is 1. The highest BCUT2D eigenvalue weighted by molar-refractivity contribution is 8.12. The van der Waals surface area contributed by atoms with Gasteiger partial charge >= 0.3 is 0 Å². The summed E-state index contributed by atoms with van der Waals surface area (Å²) in [6.07, 6.45) is 1.98. The average molecular weight is 422 g/mol. The molecule has 0 saturated carbocycles. The lowest BCUT2D eigenvalue weighted by molar-refractivity contribution is -0.129. The summed E-state index contributed by atoms with van der Waals surface area (Å²) in [7, 11) is -8.44. The molecule has 2 aromatic rings. The first-order valence-corrected chi connectivity index (χ1v) is 11.6. The van der Waals surface area contributed by atoms with E-state index in [0.717, 1.165) is 12.8 Å². The standard InChI is InChI=1S/C18H18N2O6S2/c21-18(15-5-3-4-12-26-15)19-13-8-10-14(11-9-13)20-27(22,23)16-6-1-2-7-17(16)28(20,24)25/h1-2,6-11,15H,3-5,12H2,(H,19,21). The van der Waals surface area contributed by atoms with Gasteiger partial charge in [-0.3, -0.25) is 4.79 Å². The van der Waals surface area contributed by atoms with Gasteiger partial charge in [0.05, 0.1) is 5.69 Å². The number of carbonyl (C=O) groups is 1. The summed E-state index contributed by atoms with van der Waals surface area (Å²) in [6.45, 7) is 0.544. The Bertz CT molecular complexity index is 1070. The van der Waals surface area contributed by atoms with Gasteiger partial charge in [-0.25, -0.2) is 0 Å². The molecular weight excluding hydrogens is 404 g/mol. The van der Waals surface area contributed by atoms with Crippen LogP contribution in [0, 0.1) is 0 Å². The summed E-state index contributed by atoms with van der Waals surface area (Å²) < 4.78 is 56.8. The molecule has 0 spiro atoms. The van der Waals surface area contributed by atoms with E-state index in [2.05, 4.69) is 5.32 Å². The topological polar surface area (TPSA) is 110 Å². The van der Waals surface area contributed by atoms with Crippen LogP contribution in [-0.4, -0.2) is 35.5 Å². The molecular formula is C18H18N2O6S2. The number of anilines is 2. The maximum absolute atomic E-state index is 12.7. The third-order valence-electron chi connectivity index (χ3n) is 4.66. The van der Waals surface area contributed by atoms with Gasteiger partial charge in [0.1, 0.15) is 15.9 Å². The van der Waals surface area contributed by atoms with Crippen LogP contribution in [0.4, 0.5) is 11.4 Å². The fourth-order valence-corrected chi connectivity index (χ4v) is 7.75. The third-order valence-corrected chi connectivity index (χ3v) is 9.08. The van der Waals surface area contributed by atoms with Gasteiger partial charge in [0, 0.05) is 12.3 Å². The molecule has 1 amide bonds. The minimum Gasteiger partial charge on any atom is -0.368 e. The molecule has 2 aromatic carbocycles. The summed E-state index contributed by atoms with van der Waals surface area (Å²) in [5.41, 5.74) is 0.401. The third kappa shape index (κ3) is 3.07. The minimum absolute atomic E-state index is 0.0249. The van der Waals surface area contributed by atoms with Crippen LogP contribution in [0.25, 0.3) is 0 Å². The van der Waals surface area contributed by atoms with E-state index in [-0.39, 0.29) is 21.4 Å². The van der Waals surface area contributed by atoms with E-state index in [1.807, 2.05) is 0 Å². The van der Waals surface area contributed by atoms with Crippen molar-refractivity contribution in [2.45, 2.75) is 35.2 Å². The maximum atomic E-state index is 12.7. The Labute approximate surface area is 163 Å². The van der Waals surface area contributed by atoms with Gasteiger partial charge in [-0.05, 0) is 55.7 Å². The molecule has 0 bridgehead atoms. The molecule has 1 unspecified atom stereocenters. The maximum Gasteiger partial charge on any atom is 0.279 e. The average Bonchev–Trinajstić information content (AvgIpc) is 2.85. The van der Waals surface area contributed by atoms with E-state index in [9.17, 15) is 21.6 Å². The number of fused-ring (bicyclic) bond motifs is 1. The summed E-state index contributed by atoms with van der Waals surface area (Å²) in [5.74, 6) is -0.277. The molecule has 10 heteroatoms. The molecule has 0 radical (unpaired) electrons. The van der Waals surface area contributed by atoms with Crippen molar-refractivity contribution in [2.24, 2.45) is 0 Å². The second-order valence-electron chi connectivity index (χ2n) is 6.55. The number of carbonyl (C=O) groups excluding carboxylic acids is 1. The summed E-state index contributed by atoms with van der Waals surface area (Å²) in [5, 5.41) is 2.71. The van der Waals surface area contributed by atoms with Crippen LogP contribution in [0.15, 0.2) is 58.3 Å². The summed E-state index contributed by atoms with van der Waals surface area (Å²) in [6, 6.07) is 11.1. The first-order valence-electron chi connectivity index (χ1n) is 8.74. The Balaban J connectivity index is 1.60. The van der Waals surface area contributed by atoms with Crippen LogP contribution in [0.1, 0.15) is 19.3 Å². The molecule has 0 aromatic heterocycles. The van der Waals surface area contributed by atoms with Crippen LogP contribution >= 0.6 is 0 Å². The smallest absolute Gasteiger partial charge is 0.279 e. The second kappa shape index (κ2) is 6.87. The van der Waals surface area contributed by atoms with E-state index in [0.29, 0.717) is 22.4 Å². The number of hydrogen-bond donors (Lipinski definition) is 1. The van der Waals surface area contributed by atoms with Gasteiger partial charge in [-0.1, -0.05) is 12.1 Å². The monoisotopic (exact) mass is 422 g/mol.